The molecule has 0 spiro atoms. The number of ether oxygens (including phenoxy) is 1. The molecule has 1 amide bonds. The lowest BCUT2D eigenvalue weighted by Gasteiger charge is -2.16. The summed E-state index contributed by atoms with van der Waals surface area (Å²) >= 11 is 5.06. The Balaban J connectivity index is 2.06. The van der Waals surface area contributed by atoms with Gasteiger partial charge in [-0.3, -0.25) is 9.69 Å². The molecule has 130 valence electrons. The number of halogens is 1. The Morgan fingerprint density at radius 2 is 2.21 bits per heavy atom. The van der Waals surface area contributed by atoms with E-state index in [1.807, 2.05) is 49.4 Å². The molecule has 7 heteroatoms. The molecule has 0 saturated heterocycles. The van der Waals surface area contributed by atoms with Crippen molar-refractivity contribution in [1.82, 2.24) is 15.2 Å². The molecule has 24 heavy (non-hydrogen) atoms. The summed E-state index contributed by atoms with van der Waals surface area (Å²) in [6.45, 7) is 4.88. The largest absolute Gasteiger partial charge is 0.496 e. The monoisotopic (exact) mass is 411 g/mol. The summed E-state index contributed by atoms with van der Waals surface area (Å²) in [5.74, 6) is 0.820. The van der Waals surface area contributed by atoms with E-state index >= 15 is 0 Å². The molecule has 0 fully saturated rings. The Morgan fingerprint density at radius 3 is 2.88 bits per heavy atom. The minimum Gasteiger partial charge on any atom is -0.496 e. The first-order valence-electron chi connectivity index (χ1n) is 7.65. The van der Waals surface area contributed by atoms with Crippen molar-refractivity contribution >= 4 is 33.2 Å². The maximum absolute atomic E-state index is 11.8. The standard InChI is InChI=1S/C17H22BrN3O2S/c1-11(2)19-16(22)9-21(3)8-13-10-24-17(20-13)14-7-12(18)5-6-15(14)23-4/h5-7,10-11H,8-9H2,1-4H3,(H,19,22). The summed E-state index contributed by atoms with van der Waals surface area (Å²) in [7, 11) is 3.57. The molecule has 0 radical (unpaired) electrons. The molecule has 5 nitrogen and oxygen atoms in total. The van der Waals surface area contributed by atoms with Crippen molar-refractivity contribution in [2.24, 2.45) is 0 Å². The zero-order valence-corrected chi connectivity index (χ0v) is 16.7. The van der Waals surface area contributed by atoms with Gasteiger partial charge < -0.3 is 10.1 Å². The normalized spacial score (nSPS) is 11.1. The summed E-state index contributed by atoms with van der Waals surface area (Å²) in [6.07, 6.45) is 0. The molecule has 2 aromatic rings. The van der Waals surface area contributed by atoms with E-state index in [1.165, 1.54) is 0 Å². The lowest BCUT2D eigenvalue weighted by molar-refractivity contribution is -0.122. The Kier molecular flexibility index (Phi) is 6.77. The number of aromatic nitrogens is 1. The number of amides is 1. The molecule has 0 aliphatic rings. The van der Waals surface area contributed by atoms with E-state index in [9.17, 15) is 4.79 Å². The van der Waals surface area contributed by atoms with Gasteiger partial charge in [-0.05, 0) is 39.1 Å². The molecule has 0 saturated carbocycles. The second-order valence-corrected chi connectivity index (χ2v) is 7.66. The fraction of sp³-hybridized carbons (Fsp3) is 0.412. The number of likely N-dealkylation sites (N-methyl/N-ethyl adjacent to an activating group) is 1. The van der Waals surface area contributed by atoms with Crippen molar-refractivity contribution < 1.29 is 9.53 Å². The van der Waals surface area contributed by atoms with Gasteiger partial charge in [-0.2, -0.15) is 0 Å². The van der Waals surface area contributed by atoms with Crippen LogP contribution in [0.3, 0.4) is 0 Å². The first-order chi connectivity index (χ1) is 11.4. The first-order valence-corrected chi connectivity index (χ1v) is 9.32. The third-order valence-corrected chi connectivity index (χ3v) is 4.66. The molecule has 2 rings (SSSR count). The van der Waals surface area contributed by atoms with Gasteiger partial charge in [0.05, 0.1) is 24.9 Å². The molecule has 1 N–H and O–H groups in total. The first kappa shape index (κ1) is 18.9. The Morgan fingerprint density at radius 1 is 1.46 bits per heavy atom. The van der Waals surface area contributed by atoms with Crippen LogP contribution in [-0.2, 0) is 11.3 Å². The van der Waals surface area contributed by atoms with Gasteiger partial charge in [-0.1, -0.05) is 15.9 Å². The van der Waals surface area contributed by atoms with Crippen molar-refractivity contribution in [3.63, 3.8) is 0 Å². The second-order valence-electron chi connectivity index (χ2n) is 5.88. The summed E-state index contributed by atoms with van der Waals surface area (Å²) in [5.41, 5.74) is 1.90. The van der Waals surface area contributed by atoms with Crippen LogP contribution in [0.1, 0.15) is 19.5 Å². The van der Waals surface area contributed by atoms with Gasteiger partial charge in [0.1, 0.15) is 10.8 Å². The number of nitrogens with one attached hydrogen (secondary N) is 1. The van der Waals surface area contributed by atoms with Crippen molar-refractivity contribution in [3.8, 4) is 16.3 Å². The van der Waals surface area contributed by atoms with Crippen LogP contribution >= 0.6 is 27.3 Å². The number of hydrogen-bond donors (Lipinski definition) is 1. The number of benzene rings is 1. The van der Waals surface area contributed by atoms with Crippen LogP contribution in [0.4, 0.5) is 0 Å². The minimum atomic E-state index is 0.0246. The third-order valence-electron chi connectivity index (χ3n) is 3.24. The van der Waals surface area contributed by atoms with Crippen LogP contribution in [-0.4, -0.2) is 42.5 Å². The molecule has 0 aliphatic heterocycles. The van der Waals surface area contributed by atoms with E-state index in [-0.39, 0.29) is 11.9 Å². The minimum absolute atomic E-state index is 0.0246. The smallest absolute Gasteiger partial charge is 0.234 e. The lowest BCUT2D eigenvalue weighted by Crippen LogP contribution is -2.38. The maximum Gasteiger partial charge on any atom is 0.234 e. The number of methoxy groups -OCH3 is 1. The highest BCUT2D eigenvalue weighted by Gasteiger charge is 2.13. The van der Waals surface area contributed by atoms with Crippen LogP contribution in [0.5, 0.6) is 5.75 Å². The molecule has 0 aliphatic carbocycles. The molecule has 0 atom stereocenters. The number of nitrogens with zero attached hydrogens (tertiary/aromatic N) is 2. The van der Waals surface area contributed by atoms with Gasteiger partial charge in [0, 0.05) is 22.4 Å². The number of carbonyl (C=O) groups is 1. The number of hydrogen-bond acceptors (Lipinski definition) is 5. The van der Waals surface area contributed by atoms with E-state index in [0.717, 1.165) is 26.5 Å². The molecule has 1 aromatic carbocycles. The fourth-order valence-corrected chi connectivity index (χ4v) is 3.49. The van der Waals surface area contributed by atoms with Crippen molar-refractivity contribution in [1.29, 1.82) is 0 Å². The highest BCUT2D eigenvalue weighted by atomic mass is 79.9. The summed E-state index contributed by atoms with van der Waals surface area (Å²) in [6, 6.07) is 6.02. The fourth-order valence-electron chi connectivity index (χ4n) is 2.30. The molecular formula is C17H22BrN3O2S. The topological polar surface area (TPSA) is 54.5 Å². The summed E-state index contributed by atoms with van der Waals surface area (Å²) < 4.78 is 6.40. The van der Waals surface area contributed by atoms with Gasteiger partial charge in [0.15, 0.2) is 0 Å². The molecule has 1 aromatic heterocycles. The highest BCUT2D eigenvalue weighted by molar-refractivity contribution is 9.10. The molecule has 0 bridgehead atoms. The molecule has 1 heterocycles. The van der Waals surface area contributed by atoms with E-state index in [2.05, 4.69) is 26.2 Å². The van der Waals surface area contributed by atoms with Crippen LogP contribution in [0.25, 0.3) is 10.6 Å². The average Bonchev–Trinajstić information content (AvgIpc) is 2.94. The van der Waals surface area contributed by atoms with Gasteiger partial charge in [-0.25, -0.2) is 4.98 Å². The Bertz CT molecular complexity index is 703. The van der Waals surface area contributed by atoms with Crippen LogP contribution in [0.15, 0.2) is 28.1 Å². The number of thiazole rings is 1. The van der Waals surface area contributed by atoms with Crippen LogP contribution < -0.4 is 10.1 Å². The SMILES string of the molecule is COc1ccc(Br)cc1-c1nc(CN(C)CC(=O)NC(C)C)cs1. The van der Waals surface area contributed by atoms with E-state index in [4.69, 9.17) is 4.74 Å². The average molecular weight is 412 g/mol. The van der Waals surface area contributed by atoms with E-state index in [0.29, 0.717) is 13.1 Å². The molecule has 0 unspecified atom stereocenters. The Labute approximate surface area is 155 Å². The van der Waals surface area contributed by atoms with Gasteiger partial charge >= 0.3 is 0 Å². The van der Waals surface area contributed by atoms with Crippen LogP contribution in [0, 0.1) is 0 Å². The summed E-state index contributed by atoms with van der Waals surface area (Å²) in [5, 5.41) is 5.82. The zero-order valence-electron chi connectivity index (χ0n) is 14.3. The van der Waals surface area contributed by atoms with Gasteiger partial charge in [-0.15, -0.1) is 11.3 Å². The zero-order chi connectivity index (χ0) is 17.7. The van der Waals surface area contributed by atoms with Gasteiger partial charge in [0.25, 0.3) is 0 Å². The van der Waals surface area contributed by atoms with Crippen LogP contribution in [0.2, 0.25) is 0 Å². The highest BCUT2D eigenvalue weighted by Crippen LogP contribution is 2.34. The summed E-state index contributed by atoms with van der Waals surface area (Å²) in [4.78, 5) is 18.4. The number of rotatable bonds is 7. The second kappa shape index (κ2) is 8.60. The van der Waals surface area contributed by atoms with E-state index in [1.54, 1.807) is 18.4 Å². The van der Waals surface area contributed by atoms with Crippen molar-refractivity contribution in [2.75, 3.05) is 20.7 Å². The lowest BCUT2D eigenvalue weighted by atomic mass is 10.2. The molecular weight excluding hydrogens is 390 g/mol. The predicted molar refractivity (Wildman–Crippen MR) is 101 cm³/mol. The van der Waals surface area contributed by atoms with E-state index < -0.39 is 0 Å². The predicted octanol–water partition coefficient (Wildman–Crippen LogP) is 3.54. The van der Waals surface area contributed by atoms with Crippen molar-refractivity contribution in [2.45, 2.75) is 26.4 Å². The Hall–Kier alpha value is -1.44. The maximum atomic E-state index is 11.8. The third kappa shape index (κ3) is 5.29. The van der Waals surface area contributed by atoms with Crippen molar-refractivity contribution in [3.05, 3.63) is 33.7 Å². The quantitative estimate of drug-likeness (QED) is 0.756. The van der Waals surface area contributed by atoms with Gasteiger partial charge in [0.2, 0.25) is 5.91 Å². The number of carbonyl (C=O) groups excluding carboxylic acids is 1.